The van der Waals surface area contributed by atoms with E-state index < -0.39 is 23.1 Å². The summed E-state index contributed by atoms with van der Waals surface area (Å²) in [5.74, 6) is -2.03. The molecule has 1 atom stereocenters. The largest absolute Gasteiger partial charge is 0.345 e. The Morgan fingerprint density at radius 1 is 1.37 bits per heavy atom. The van der Waals surface area contributed by atoms with Crippen LogP contribution in [-0.2, 0) is 0 Å². The molecule has 0 spiro atoms. The number of nitrogens with two attached hydrogens (primary N) is 1. The smallest absolute Gasteiger partial charge is 0.254 e. The van der Waals surface area contributed by atoms with Gasteiger partial charge in [0.25, 0.3) is 5.91 Å². The van der Waals surface area contributed by atoms with E-state index in [9.17, 15) is 13.6 Å². The molecule has 0 aliphatic rings. The lowest BCUT2D eigenvalue weighted by molar-refractivity contribution is 0.0879. The van der Waals surface area contributed by atoms with Crippen molar-refractivity contribution in [2.75, 3.05) is 6.54 Å². The molecule has 0 aliphatic heterocycles. The van der Waals surface area contributed by atoms with Gasteiger partial charge in [-0.15, -0.1) is 0 Å². The van der Waals surface area contributed by atoms with E-state index in [1.54, 1.807) is 6.92 Å². The lowest BCUT2D eigenvalue weighted by atomic mass is 9.88. The van der Waals surface area contributed by atoms with Crippen LogP contribution in [0.3, 0.4) is 0 Å². The lowest BCUT2D eigenvalue weighted by Crippen LogP contribution is -2.55. The number of nitrogens with one attached hydrogen (secondary N) is 1. The van der Waals surface area contributed by atoms with Crippen LogP contribution in [0.25, 0.3) is 0 Å². The Kier molecular flexibility index (Phi) is 4.63. The molecule has 1 aromatic rings. The van der Waals surface area contributed by atoms with Crippen LogP contribution in [0, 0.1) is 24.5 Å². The van der Waals surface area contributed by atoms with Crippen molar-refractivity contribution in [3.8, 4) is 0 Å². The van der Waals surface area contributed by atoms with Gasteiger partial charge in [-0.2, -0.15) is 0 Å². The minimum Gasteiger partial charge on any atom is -0.345 e. The number of rotatable bonds is 4. The first-order valence-electron chi connectivity index (χ1n) is 6.19. The highest BCUT2D eigenvalue weighted by Crippen LogP contribution is 2.18. The van der Waals surface area contributed by atoms with Gasteiger partial charge in [-0.25, -0.2) is 8.78 Å². The number of amides is 1. The molecule has 19 heavy (non-hydrogen) atoms. The van der Waals surface area contributed by atoms with Crippen molar-refractivity contribution in [2.45, 2.75) is 33.2 Å². The molecule has 1 aromatic carbocycles. The molecule has 1 unspecified atom stereocenters. The van der Waals surface area contributed by atoms with Gasteiger partial charge < -0.3 is 11.1 Å². The molecule has 3 N–H and O–H groups in total. The number of carbonyl (C=O) groups is 1. The highest BCUT2D eigenvalue weighted by molar-refractivity contribution is 5.95. The molecule has 0 saturated carbocycles. The van der Waals surface area contributed by atoms with Crippen molar-refractivity contribution in [2.24, 2.45) is 11.7 Å². The summed E-state index contributed by atoms with van der Waals surface area (Å²) in [6.45, 7) is 7.34. The second-order valence-corrected chi connectivity index (χ2v) is 5.31. The Labute approximate surface area is 112 Å². The molecule has 0 heterocycles. The van der Waals surface area contributed by atoms with E-state index in [1.807, 2.05) is 13.8 Å². The minimum absolute atomic E-state index is 0.0889. The van der Waals surface area contributed by atoms with Crippen molar-refractivity contribution in [3.05, 3.63) is 34.9 Å². The van der Waals surface area contributed by atoms with Gasteiger partial charge >= 0.3 is 0 Å². The quantitative estimate of drug-likeness (QED) is 0.882. The van der Waals surface area contributed by atoms with Gasteiger partial charge in [0, 0.05) is 12.6 Å². The van der Waals surface area contributed by atoms with E-state index in [1.165, 1.54) is 13.0 Å². The van der Waals surface area contributed by atoms with Crippen molar-refractivity contribution in [1.29, 1.82) is 0 Å². The number of aryl methyl sites for hydroxylation is 1. The van der Waals surface area contributed by atoms with E-state index in [0.29, 0.717) is 0 Å². The van der Waals surface area contributed by atoms with E-state index in [2.05, 4.69) is 5.32 Å². The zero-order valence-electron chi connectivity index (χ0n) is 11.7. The molecular formula is C14H20F2N2O. The van der Waals surface area contributed by atoms with Gasteiger partial charge in [0.15, 0.2) is 0 Å². The summed E-state index contributed by atoms with van der Waals surface area (Å²) < 4.78 is 26.8. The Morgan fingerprint density at radius 3 is 2.42 bits per heavy atom. The summed E-state index contributed by atoms with van der Waals surface area (Å²) in [7, 11) is 0. The van der Waals surface area contributed by atoms with Gasteiger partial charge in [-0.1, -0.05) is 13.8 Å². The van der Waals surface area contributed by atoms with Crippen LogP contribution in [0.4, 0.5) is 8.78 Å². The van der Waals surface area contributed by atoms with Gasteiger partial charge in [0.1, 0.15) is 11.6 Å². The molecule has 0 aliphatic carbocycles. The predicted octanol–water partition coefficient (Wildman–Crippen LogP) is 2.38. The first kappa shape index (κ1) is 15.6. The summed E-state index contributed by atoms with van der Waals surface area (Å²) >= 11 is 0. The van der Waals surface area contributed by atoms with Crippen molar-refractivity contribution >= 4 is 5.91 Å². The van der Waals surface area contributed by atoms with Crippen LogP contribution in [0.2, 0.25) is 0 Å². The molecule has 3 nitrogen and oxygen atoms in total. The molecule has 1 amide bonds. The molecule has 106 valence electrons. The van der Waals surface area contributed by atoms with Crippen LogP contribution < -0.4 is 11.1 Å². The van der Waals surface area contributed by atoms with Gasteiger partial charge in [0.2, 0.25) is 0 Å². The number of hydrogen-bond acceptors (Lipinski definition) is 2. The van der Waals surface area contributed by atoms with E-state index in [0.717, 1.165) is 6.07 Å². The maximum absolute atomic E-state index is 13.6. The fourth-order valence-corrected chi connectivity index (χ4v) is 1.59. The average Bonchev–Trinajstić information content (AvgIpc) is 2.33. The molecule has 5 heteroatoms. The monoisotopic (exact) mass is 270 g/mol. The summed E-state index contributed by atoms with van der Waals surface area (Å²) in [6.07, 6.45) is 0. The molecule has 0 bridgehead atoms. The van der Waals surface area contributed by atoms with Gasteiger partial charge in [-0.3, -0.25) is 4.79 Å². The topological polar surface area (TPSA) is 55.1 Å². The Morgan fingerprint density at radius 2 is 1.95 bits per heavy atom. The van der Waals surface area contributed by atoms with E-state index in [-0.39, 0.29) is 23.6 Å². The fraction of sp³-hybridized carbons (Fsp3) is 0.500. The summed E-state index contributed by atoms with van der Waals surface area (Å²) in [4.78, 5) is 12.1. The maximum atomic E-state index is 13.6. The van der Waals surface area contributed by atoms with E-state index in [4.69, 9.17) is 5.73 Å². The molecule has 0 aromatic heterocycles. The standard InChI is InChI=1S/C14H20F2N2O/c1-8(2)14(4,7-17)18-13(19)10-5-9(3)11(15)6-12(10)16/h5-6,8H,7,17H2,1-4H3,(H,18,19). The Hall–Kier alpha value is -1.49. The number of halogens is 2. The molecule has 0 radical (unpaired) electrons. The van der Waals surface area contributed by atoms with Crippen molar-refractivity contribution in [3.63, 3.8) is 0 Å². The highest BCUT2D eigenvalue weighted by atomic mass is 19.1. The summed E-state index contributed by atoms with van der Waals surface area (Å²) in [5, 5.41) is 2.72. The zero-order chi connectivity index (χ0) is 14.8. The van der Waals surface area contributed by atoms with Crippen molar-refractivity contribution < 1.29 is 13.6 Å². The van der Waals surface area contributed by atoms with Crippen molar-refractivity contribution in [1.82, 2.24) is 5.32 Å². The summed E-state index contributed by atoms with van der Waals surface area (Å²) in [6, 6.07) is 1.93. The molecular weight excluding hydrogens is 250 g/mol. The number of hydrogen-bond donors (Lipinski definition) is 2. The summed E-state index contributed by atoms with van der Waals surface area (Å²) in [5.41, 5.74) is 5.08. The van der Waals surface area contributed by atoms with Crippen LogP contribution >= 0.6 is 0 Å². The zero-order valence-corrected chi connectivity index (χ0v) is 11.7. The van der Waals surface area contributed by atoms with Crippen LogP contribution in [0.5, 0.6) is 0 Å². The van der Waals surface area contributed by atoms with Gasteiger partial charge in [0.05, 0.1) is 11.1 Å². The van der Waals surface area contributed by atoms with Crippen LogP contribution in [-0.4, -0.2) is 18.0 Å². The van der Waals surface area contributed by atoms with Crippen LogP contribution in [0.15, 0.2) is 12.1 Å². The third kappa shape index (κ3) is 3.29. The molecule has 1 rings (SSSR count). The second kappa shape index (κ2) is 5.65. The SMILES string of the molecule is Cc1cc(C(=O)NC(C)(CN)C(C)C)c(F)cc1F. The third-order valence-electron chi connectivity index (χ3n) is 3.59. The Balaban J connectivity index is 3.05. The normalized spacial score (nSPS) is 14.3. The minimum atomic E-state index is -0.872. The lowest BCUT2D eigenvalue weighted by Gasteiger charge is -2.33. The highest BCUT2D eigenvalue weighted by Gasteiger charge is 2.30. The fourth-order valence-electron chi connectivity index (χ4n) is 1.59. The molecule has 0 saturated heterocycles. The van der Waals surface area contributed by atoms with Crippen LogP contribution in [0.1, 0.15) is 36.7 Å². The van der Waals surface area contributed by atoms with Gasteiger partial charge in [-0.05, 0) is 31.4 Å². The second-order valence-electron chi connectivity index (χ2n) is 5.31. The predicted molar refractivity (Wildman–Crippen MR) is 70.9 cm³/mol. The first-order chi connectivity index (χ1) is 8.71. The number of benzene rings is 1. The number of carbonyl (C=O) groups excluding carboxylic acids is 1. The maximum Gasteiger partial charge on any atom is 0.254 e. The first-order valence-corrected chi connectivity index (χ1v) is 6.19. The van der Waals surface area contributed by atoms with E-state index >= 15 is 0 Å². The Bertz CT molecular complexity index is 489. The third-order valence-corrected chi connectivity index (χ3v) is 3.59. The average molecular weight is 270 g/mol. The molecule has 0 fully saturated rings.